The number of carbonyl (C=O) groups is 2. The van der Waals surface area contributed by atoms with Gasteiger partial charge in [-0.25, -0.2) is 20.4 Å². The van der Waals surface area contributed by atoms with Crippen molar-refractivity contribution in [1.82, 2.24) is 22.0 Å². The summed E-state index contributed by atoms with van der Waals surface area (Å²) in [6.07, 6.45) is 11.8. The molecule has 0 rings (SSSR count). The van der Waals surface area contributed by atoms with Crippen LogP contribution in [0.4, 0.5) is 0 Å². The summed E-state index contributed by atoms with van der Waals surface area (Å²) in [5.74, 6) is -1.03. The minimum Gasteiger partial charge on any atom is -0.346 e. The molecule has 0 radical (unpaired) electrons. The third kappa shape index (κ3) is 16.9. The van der Waals surface area contributed by atoms with Crippen LogP contribution in [-0.4, -0.2) is 25.0 Å². The number of nitrogens with one attached hydrogen (secondary N) is 4. The first-order chi connectivity index (χ1) is 13.5. The van der Waals surface area contributed by atoms with Gasteiger partial charge in [-0.15, -0.1) is 0 Å². The molecule has 0 saturated carbocycles. The summed E-state index contributed by atoms with van der Waals surface area (Å²) in [5, 5.41) is 0. The van der Waals surface area contributed by atoms with Crippen molar-refractivity contribution in [2.24, 2.45) is 11.8 Å². The largest absolute Gasteiger partial charge is 0.439 e. The van der Waals surface area contributed by atoms with Crippen LogP contribution in [0.1, 0.15) is 91.9 Å². The molecule has 0 aliphatic rings. The van der Waals surface area contributed by atoms with E-state index in [0.29, 0.717) is 24.9 Å². The van der Waals surface area contributed by atoms with Gasteiger partial charge in [-0.1, -0.05) is 90.2 Å². The van der Waals surface area contributed by atoms with Gasteiger partial charge < -0.3 is 9.68 Å². The van der Waals surface area contributed by atoms with Crippen LogP contribution in [-0.2, 0) is 19.3 Å². The molecule has 28 heavy (non-hydrogen) atoms. The van der Waals surface area contributed by atoms with Crippen molar-refractivity contribution in [3.8, 4) is 0 Å². The fourth-order valence-corrected chi connectivity index (χ4v) is 2.76. The smallest absolute Gasteiger partial charge is 0.346 e. The van der Waals surface area contributed by atoms with Crippen molar-refractivity contribution in [2.45, 2.75) is 91.9 Å². The number of hydrogen-bond acceptors (Lipinski definition) is 8. The van der Waals surface area contributed by atoms with E-state index in [1.807, 2.05) is 0 Å². The number of hydrazine groups is 2. The predicted molar refractivity (Wildman–Crippen MR) is 110 cm³/mol. The first-order valence-corrected chi connectivity index (χ1v) is 10.9. The van der Waals surface area contributed by atoms with E-state index in [9.17, 15) is 9.59 Å². The van der Waals surface area contributed by atoms with Crippen molar-refractivity contribution in [3.05, 3.63) is 0 Å². The lowest BCUT2D eigenvalue weighted by molar-refractivity contribution is -0.179. The van der Waals surface area contributed by atoms with E-state index in [2.05, 4.69) is 59.4 Å². The summed E-state index contributed by atoms with van der Waals surface area (Å²) in [5.41, 5.74) is 10.1. The maximum absolute atomic E-state index is 11.5. The van der Waals surface area contributed by atoms with Gasteiger partial charge in [-0.2, -0.15) is 0 Å². The molecule has 0 aliphatic carbocycles. The van der Waals surface area contributed by atoms with Crippen LogP contribution < -0.4 is 22.0 Å². The average molecular weight is 403 g/mol. The number of unbranched alkanes of at least 4 members (excludes halogenated alkanes) is 4. The van der Waals surface area contributed by atoms with E-state index < -0.39 is 11.9 Å². The van der Waals surface area contributed by atoms with Gasteiger partial charge in [0.2, 0.25) is 0 Å². The summed E-state index contributed by atoms with van der Waals surface area (Å²) >= 11 is 0. The Morgan fingerprint density at radius 3 is 1.43 bits per heavy atom. The molecule has 0 fully saturated rings. The molecule has 0 aromatic rings. The minimum atomic E-state index is -1.12. The van der Waals surface area contributed by atoms with Crippen LogP contribution in [0.15, 0.2) is 0 Å². The molecule has 166 valence electrons. The molecule has 2 unspecified atom stereocenters. The third-order valence-corrected chi connectivity index (χ3v) is 4.72. The molecule has 0 amide bonds. The van der Waals surface area contributed by atoms with E-state index in [-0.39, 0.29) is 0 Å². The molecular formula is C20H42N4O4. The van der Waals surface area contributed by atoms with Gasteiger partial charge in [0.25, 0.3) is 0 Å². The molecule has 2 atom stereocenters. The number of rotatable bonds is 18. The van der Waals surface area contributed by atoms with Gasteiger partial charge in [0.15, 0.2) is 0 Å². The lowest BCUT2D eigenvalue weighted by atomic mass is 10.0. The highest BCUT2D eigenvalue weighted by molar-refractivity contribution is 6.29. The second kappa shape index (κ2) is 19.1. The Morgan fingerprint density at radius 2 is 1.07 bits per heavy atom. The highest BCUT2D eigenvalue weighted by atomic mass is 16.8. The molecule has 0 aliphatic heterocycles. The van der Waals surface area contributed by atoms with Crippen LogP contribution in [0.2, 0.25) is 0 Å². The molecule has 0 bridgehead atoms. The highest BCUT2D eigenvalue weighted by Crippen LogP contribution is 2.12. The van der Waals surface area contributed by atoms with Crippen LogP contribution in [0.3, 0.4) is 0 Å². The number of hydrogen-bond donors (Lipinski definition) is 4. The molecule has 0 heterocycles. The Kier molecular flexibility index (Phi) is 18.3. The van der Waals surface area contributed by atoms with Crippen LogP contribution in [0.25, 0.3) is 0 Å². The Hall–Kier alpha value is -1.22. The molecular weight excluding hydrogens is 360 g/mol. The molecule has 8 heteroatoms. The molecule has 0 aromatic heterocycles. The Balaban J connectivity index is 3.55. The summed E-state index contributed by atoms with van der Waals surface area (Å²) in [6.45, 7) is 10.1. The first-order valence-electron chi connectivity index (χ1n) is 10.9. The normalized spacial score (nSPS) is 13.1. The maximum Gasteiger partial charge on any atom is 0.439 e. The van der Waals surface area contributed by atoms with E-state index in [1.54, 1.807) is 0 Å². The molecule has 4 N–H and O–H groups in total. The molecule has 0 spiro atoms. The van der Waals surface area contributed by atoms with Crippen LogP contribution in [0, 0.1) is 11.8 Å². The summed E-state index contributed by atoms with van der Waals surface area (Å²) < 4.78 is 0. The number of carbonyl (C=O) groups excluding carboxylic acids is 2. The standard InChI is InChI=1S/C20H42N4O4/c1-5-7-9-11-17(3)13-15-21-23-27-19(25)20(26)28-24-22-16-14-18(4)12-10-8-6-2/h17-18,21-24H,5-16H2,1-4H3. The van der Waals surface area contributed by atoms with Crippen molar-refractivity contribution in [3.63, 3.8) is 0 Å². The summed E-state index contributed by atoms with van der Waals surface area (Å²) in [6, 6.07) is 0. The molecule has 8 nitrogen and oxygen atoms in total. The SMILES string of the molecule is CCCCCC(C)CCNNOC(=O)C(=O)ONNCCC(C)CCCCC. The zero-order valence-electron chi connectivity index (χ0n) is 18.3. The first kappa shape index (κ1) is 26.8. The highest BCUT2D eigenvalue weighted by Gasteiger charge is 2.18. The summed E-state index contributed by atoms with van der Waals surface area (Å²) in [7, 11) is 0. The Labute approximate surface area is 170 Å². The van der Waals surface area contributed by atoms with Crippen molar-refractivity contribution in [2.75, 3.05) is 13.1 Å². The summed E-state index contributed by atoms with van der Waals surface area (Å²) in [4.78, 5) is 32.1. The van der Waals surface area contributed by atoms with Gasteiger partial charge in [0.1, 0.15) is 0 Å². The Bertz CT molecular complexity index is 360. The van der Waals surface area contributed by atoms with E-state index in [0.717, 1.165) is 12.8 Å². The molecule has 0 aromatic carbocycles. The third-order valence-electron chi connectivity index (χ3n) is 4.72. The second-order valence-corrected chi connectivity index (χ2v) is 7.62. The quantitative estimate of drug-likeness (QED) is 0.157. The monoisotopic (exact) mass is 402 g/mol. The molecule has 0 saturated heterocycles. The van der Waals surface area contributed by atoms with Crippen molar-refractivity contribution < 1.29 is 19.3 Å². The lowest BCUT2D eigenvalue weighted by Crippen LogP contribution is -2.41. The van der Waals surface area contributed by atoms with E-state index >= 15 is 0 Å². The zero-order valence-corrected chi connectivity index (χ0v) is 18.3. The van der Waals surface area contributed by atoms with Gasteiger partial charge in [0, 0.05) is 13.1 Å². The fourth-order valence-electron chi connectivity index (χ4n) is 2.76. The fraction of sp³-hybridized carbons (Fsp3) is 0.900. The van der Waals surface area contributed by atoms with Crippen molar-refractivity contribution >= 4 is 11.9 Å². The van der Waals surface area contributed by atoms with Gasteiger partial charge in [0.05, 0.1) is 0 Å². The predicted octanol–water partition coefficient (Wildman–Crippen LogP) is 3.30. The zero-order chi connectivity index (χ0) is 21.0. The van der Waals surface area contributed by atoms with Gasteiger partial charge in [-0.05, 0) is 24.7 Å². The van der Waals surface area contributed by atoms with Gasteiger partial charge >= 0.3 is 11.9 Å². The second-order valence-electron chi connectivity index (χ2n) is 7.62. The van der Waals surface area contributed by atoms with Gasteiger partial charge in [-0.3, -0.25) is 0 Å². The maximum atomic E-state index is 11.5. The van der Waals surface area contributed by atoms with Crippen LogP contribution in [0.5, 0.6) is 0 Å². The lowest BCUT2D eigenvalue weighted by Gasteiger charge is -2.12. The van der Waals surface area contributed by atoms with E-state index in [1.165, 1.54) is 51.4 Å². The topological polar surface area (TPSA) is 101 Å². The van der Waals surface area contributed by atoms with Crippen molar-refractivity contribution in [1.29, 1.82) is 0 Å². The van der Waals surface area contributed by atoms with Crippen LogP contribution >= 0.6 is 0 Å². The minimum absolute atomic E-state index is 0.603. The Morgan fingerprint density at radius 1 is 0.679 bits per heavy atom. The van der Waals surface area contributed by atoms with E-state index in [4.69, 9.17) is 0 Å². The average Bonchev–Trinajstić information content (AvgIpc) is 2.67.